The number of benzene rings is 1. The lowest BCUT2D eigenvalue weighted by Crippen LogP contribution is -2.35. The number of Topliss-reactive ketones (excluding diaryl/α,β-unsaturated/α-hetero) is 1. The van der Waals surface area contributed by atoms with Crippen LogP contribution in [0.25, 0.3) is 0 Å². The number of amides is 1. The van der Waals surface area contributed by atoms with Crippen LogP contribution in [0.4, 0.5) is 0 Å². The molecule has 22 heavy (non-hydrogen) atoms. The maximum Gasteiger partial charge on any atom is 0.224 e. The fourth-order valence-electron chi connectivity index (χ4n) is 3.10. The van der Waals surface area contributed by atoms with E-state index in [-0.39, 0.29) is 23.1 Å². The van der Waals surface area contributed by atoms with Gasteiger partial charge in [-0.1, -0.05) is 58.0 Å². The lowest BCUT2D eigenvalue weighted by molar-refractivity contribution is -0.131. The Hall–Kier alpha value is -1.64. The molecule has 0 aromatic heterocycles. The van der Waals surface area contributed by atoms with Gasteiger partial charge in [-0.15, -0.1) is 0 Å². The average Bonchev–Trinajstić information content (AvgIpc) is 2.74. The first kappa shape index (κ1) is 16.7. The smallest absolute Gasteiger partial charge is 0.224 e. The van der Waals surface area contributed by atoms with Crippen molar-refractivity contribution in [1.29, 1.82) is 0 Å². The Kier molecular flexibility index (Phi) is 4.46. The van der Waals surface area contributed by atoms with Gasteiger partial charge < -0.3 is 4.90 Å². The highest BCUT2D eigenvalue weighted by Crippen LogP contribution is 2.39. The number of hydrogen-bond donors (Lipinski definition) is 0. The highest BCUT2D eigenvalue weighted by atomic mass is 16.2. The largest absolute Gasteiger partial charge is 0.335 e. The van der Waals surface area contributed by atoms with Crippen LogP contribution in [0, 0.1) is 10.8 Å². The molecule has 3 nitrogen and oxygen atoms in total. The predicted octanol–water partition coefficient (Wildman–Crippen LogP) is 3.99. The zero-order valence-electron chi connectivity index (χ0n) is 14.3. The van der Waals surface area contributed by atoms with E-state index in [1.165, 1.54) is 0 Å². The topological polar surface area (TPSA) is 37.4 Å². The van der Waals surface area contributed by atoms with Crippen LogP contribution in [-0.2, 0) is 9.59 Å². The minimum atomic E-state index is -0.548. The van der Waals surface area contributed by atoms with Crippen molar-refractivity contribution in [2.24, 2.45) is 10.8 Å². The van der Waals surface area contributed by atoms with Gasteiger partial charge in [0.2, 0.25) is 5.91 Å². The molecule has 1 aliphatic rings. The summed E-state index contributed by atoms with van der Waals surface area (Å²) in [4.78, 5) is 27.0. The van der Waals surface area contributed by atoms with Crippen LogP contribution >= 0.6 is 0 Å². The molecule has 120 valence electrons. The van der Waals surface area contributed by atoms with Gasteiger partial charge in [-0.3, -0.25) is 9.59 Å². The number of rotatable bonds is 4. The molecule has 1 aromatic rings. The molecule has 1 aromatic carbocycles. The van der Waals surface area contributed by atoms with Crippen molar-refractivity contribution in [3.63, 3.8) is 0 Å². The van der Waals surface area contributed by atoms with E-state index in [2.05, 4.69) is 20.8 Å². The SMILES string of the molecule is C[C@H](c1ccccc1)N1C[C@@](C)(C(=O)CC(C)(C)C)CC1=O. The van der Waals surface area contributed by atoms with E-state index in [4.69, 9.17) is 0 Å². The van der Waals surface area contributed by atoms with Gasteiger partial charge in [-0.05, 0) is 17.9 Å². The first-order valence-corrected chi connectivity index (χ1v) is 8.00. The van der Waals surface area contributed by atoms with Crippen molar-refractivity contribution >= 4 is 11.7 Å². The molecule has 0 spiro atoms. The van der Waals surface area contributed by atoms with Crippen molar-refractivity contribution < 1.29 is 9.59 Å². The maximum absolute atomic E-state index is 12.7. The Balaban J connectivity index is 2.15. The molecule has 1 heterocycles. The van der Waals surface area contributed by atoms with Crippen molar-refractivity contribution in [3.05, 3.63) is 35.9 Å². The fourth-order valence-corrected chi connectivity index (χ4v) is 3.10. The molecular formula is C19H27NO2. The van der Waals surface area contributed by atoms with E-state index in [0.717, 1.165) is 5.56 Å². The van der Waals surface area contributed by atoms with E-state index in [1.54, 1.807) is 0 Å². The van der Waals surface area contributed by atoms with Crippen LogP contribution in [0.2, 0.25) is 0 Å². The van der Waals surface area contributed by atoms with Crippen molar-refractivity contribution in [1.82, 2.24) is 4.90 Å². The number of likely N-dealkylation sites (tertiary alicyclic amines) is 1. The van der Waals surface area contributed by atoms with Crippen LogP contribution in [0.15, 0.2) is 30.3 Å². The first-order valence-electron chi connectivity index (χ1n) is 8.00. The Morgan fingerprint density at radius 2 is 1.86 bits per heavy atom. The molecule has 2 rings (SSSR count). The van der Waals surface area contributed by atoms with Crippen molar-refractivity contribution in [3.8, 4) is 0 Å². The molecule has 3 heteroatoms. The second-order valence-electron chi connectivity index (χ2n) is 8.01. The van der Waals surface area contributed by atoms with Gasteiger partial charge in [-0.25, -0.2) is 0 Å². The van der Waals surface area contributed by atoms with Crippen LogP contribution in [0.5, 0.6) is 0 Å². The molecule has 1 saturated heterocycles. The van der Waals surface area contributed by atoms with Gasteiger partial charge in [0.1, 0.15) is 5.78 Å². The third kappa shape index (κ3) is 3.57. The Morgan fingerprint density at radius 1 is 1.27 bits per heavy atom. The van der Waals surface area contributed by atoms with Crippen LogP contribution < -0.4 is 0 Å². The monoisotopic (exact) mass is 301 g/mol. The number of nitrogens with zero attached hydrogens (tertiary/aromatic N) is 1. The van der Waals surface area contributed by atoms with E-state index < -0.39 is 5.41 Å². The van der Waals surface area contributed by atoms with Gasteiger partial charge in [0.15, 0.2) is 0 Å². The predicted molar refractivity (Wildman–Crippen MR) is 88.4 cm³/mol. The summed E-state index contributed by atoms with van der Waals surface area (Å²) in [5.74, 6) is 0.289. The number of ketones is 1. The highest BCUT2D eigenvalue weighted by Gasteiger charge is 2.46. The molecule has 1 aliphatic heterocycles. The van der Waals surface area contributed by atoms with E-state index >= 15 is 0 Å². The third-order valence-corrected chi connectivity index (χ3v) is 4.49. The minimum absolute atomic E-state index is 0.0120. The molecule has 0 bridgehead atoms. The van der Waals surface area contributed by atoms with E-state index in [9.17, 15) is 9.59 Å². The summed E-state index contributed by atoms with van der Waals surface area (Å²) in [7, 11) is 0. The Labute approximate surface area is 133 Å². The molecule has 0 radical (unpaired) electrons. The average molecular weight is 301 g/mol. The standard InChI is InChI=1S/C19H27NO2/c1-14(15-9-7-6-8-10-15)20-13-19(5,12-17(20)22)16(21)11-18(2,3)4/h6-10,14H,11-13H2,1-5H3/t14-,19+/m1/s1. The maximum atomic E-state index is 12.7. The summed E-state index contributed by atoms with van der Waals surface area (Å²) in [6.45, 7) is 10.7. The van der Waals surface area contributed by atoms with E-state index in [0.29, 0.717) is 19.4 Å². The second-order valence-corrected chi connectivity index (χ2v) is 8.01. The molecule has 0 N–H and O–H groups in total. The zero-order chi connectivity index (χ0) is 16.5. The molecule has 0 saturated carbocycles. The van der Waals surface area contributed by atoms with Crippen LogP contribution in [-0.4, -0.2) is 23.1 Å². The third-order valence-electron chi connectivity index (χ3n) is 4.49. The second kappa shape index (κ2) is 5.86. The van der Waals surface area contributed by atoms with Crippen molar-refractivity contribution in [2.75, 3.05) is 6.54 Å². The summed E-state index contributed by atoms with van der Waals surface area (Å²) in [6, 6.07) is 10.0. The van der Waals surface area contributed by atoms with Crippen LogP contribution in [0.1, 0.15) is 59.1 Å². The number of hydrogen-bond acceptors (Lipinski definition) is 2. The van der Waals surface area contributed by atoms with Crippen LogP contribution in [0.3, 0.4) is 0 Å². The minimum Gasteiger partial charge on any atom is -0.335 e. The molecule has 1 amide bonds. The number of carbonyl (C=O) groups is 2. The van der Waals surface area contributed by atoms with Gasteiger partial charge in [-0.2, -0.15) is 0 Å². The molecular weight excluding hydrogens is 274 g/mol. The summed E-state index contributed by atoms with van der Waals surface area (Å²) < 4.78 is 0. The Morgan fingerprint density at radius 3 is 2.41 bits per heavy atom. The quantitative estimate of drug-likeness (QED) is 0.843. The van der Waals surface area contributed by atoms with Gasteiger partial charge in [0.25, 0.3) is 0 Å². The first-order chi connectivity index (χ1) is 10.1. The van der Waals surface area contributed by atoms with Gasteiger partial charge >= 0.3 is 0 Å². The fraction of sp³-hybridized carbons (Fsp3) is 0.579. The normalized spacial score (nSPS) is 23.7. The zero-order valence-corrected chi connectivity index (χ0v) is 14.3. The highest BCUT2D eigenvalue weighted by molar-refractivity contribution is 5.93. The van der Waals surface area contributed by atoms with Gasteiger partial charge in [0.05, 0.1) is 11.5 Å². The Bertz CT molecular complexity index is 559. The molecule has 0 aliphatic carbocycles. The molecule has 0 unspecified atom stereocenters. The summed E-state index contributed by atoms with van der Waals surface area (Å²) in [5.41, 5.74) is 0.526. The summed E-state index contributed by atoms with van der Waals surface area (Å²) in [6.07, 6.45) is 0.851. The number of carbonyl (C=O) groups excluding carboxylic acids is 2. The summed E-state index contributed by atoms with van der Waals surface area (Å²) in [5, 5.41) is 0. The van der Waals surface area contributed by atoms with Gasteiger partial charge in [0, 0.05) is 19.4 Å². The molecule has 1 fully saturated rings. The lowest BCUT2D eigenvalue weighted by atomic mass is 9.77. The van der Waals surface area contributed by atoms with E-state index in [1.807, 2.05) is 49.1 Å². The summed E-state index contributed by atoms with van der Waals surface area (Å²) >= 11 is 0. The molecule has 2 atom stereocenters. The van der Waals surface area contributed by atoms with Crippen molar-refractivity contribution in [2.45, 2.75) is 53.5 Å². The lowest BCUT2D eigenvalue weighted by Gasteiger charge is -2.29.